The molecule has 0 saturated heterocycles. The van der Waals surface area contributed by atoms with Gasteiger partial charge < -0.3 is 15.5 Å². The lowest BCUT2D eigenvalue weighted by Gasteiger charge is -2.28. The summed E-state index contributed by atoms with van der Waals surface area (Å²) in [5, 5.41) is 4.31. The van der Waals surface area contributed by atoms with Crippen LogP contribution in [-0.2, 0) is 14.4 Å². The molecule has 0 aliphatic carbocycles. The van der Waals surface area contributed by atoms with Gasteiger partial charge in [-0.05, 0) is 24.1 Å². The minimum Gasteiger partial charge on any atom is -0.355 e. The lowest BCUT2D eigenvalue weighted by molar-refractivity contribution is -0.140. The van der Waals surface area contributed by atoms with Crippen LogP contribution >= 0.6 is 0 Å². The normalized spacial score (nSPS) is 16.6. The number of hydrogen-bond acceptors (Lipinski definition) is 3. The molecule has 1 aliphatic heterocycles. The van der Waals surface area contributed by atoms with Crippen molar-refractivity contribution in [3.63, 3.8) is 0 Å². The summed E-state index contributed by atoms with van der Waals surface area (Å²) in [6, 6.07) is 10.6. The van der Waals surface area contributed by atoms with Crippen molar-refractivity contribution in [3.05, 3.63) is 54.1 Å². The molecule has 1 aliphatic rings. The summed E-state index contributed by atoms with van der Waals surface area (Å²) < 4.78 is 77.1. The van der Waals surface area contributed by atoms with Crippen molar-refractivity contribution in [2.45, 2.75) is 31.7 Å². The molecule has 3 rings (SSSR count). The van der Waals surface area contributed by atoms with Gasteiger partial charge in [0.05, 0.1) is 12.1 Å². The van der Waals surface area contributed by atoms with Crippen LogP contribution in [0, 0.1) is 5.92 Å². The number of carbonyl (C=O) groups excluding carboxylic acids is 3. The number of hydrogen-bond donors (Lipinski definition) is 2. The lowest BCUT2D eigenvalue weighted by Crippen LogP contribution is -2.48. The van der Waals surface area contributed by atoms with Gasteiger partial charge in [0.2, 0.25) is 11.8 Å². The number of para-hydroxylation sites is 1. The summed E-state index contributed by atoms with van der Waals surface area (Å²) in [6.45, 7) is -1.25. The van der Waals surface area contributed by atoms with Crippen LogP contribution in [-0.4, -0.2) is 43.2 Å². The molecule has 6 nitrogen and oxygen atoms in total. The maximum absolute atomic E-state index is 13.4. The topological polar surface area (TPSA) is 78.5 Å². The van der Waals surface area contributed by atoms with E-state index >= 15 is 0 Å². The fourth-order valence-electron chi connectivity index (χ4n) is 3.69. The minimum atomic E-state index is -4.75. The fraction of sp³-hybridized carbons (Fsp3) is 0.348. The first-order valence-electron chi connectivity index (χ1n) is 10.5. The first-order chi connectivity index (χ1) is 16.3. The third-order valence-electron chi connectivity index (χ3n) is 5.39. The van der Waals surface area contributed by atoms with E-state index in [0.717, 1.165) is 6.92 Å². The van der Waals surface area contributed by atoms with Gasteiger partial charge in [0.15, 0.2) is 0 Å². The third-order valence-corrected chi connectivity index (χ3v) is 5.39. The lowest BCUT2D eigenvalue weighted by atomic mass is 9.95. The number of amides is 3. The summed E-state index contributed by atoms with van der Waals surface area (Å²) in [5.74, 6) is -4.63. The molecule has 0 saturated carbocycles. The molecule has 1 heterocycles. The second kappa shape index (κ2) is 9.96. The predicted molar refractivity (Wildman–Crippen MR) is 114 cm³/mol. The molecule has 0 radical (unpaired) electrons. The molecule has 2 atom stereocenters. The molecule has 3 amide bonds. The Balaban J connectivity index is 1.92. The molecule has 0 bridgehead atoms. The summed E-state index contributed by atoms with van der Waals surface area (Å²) in [5.41, 5.74) is 0.966. The summed E-state index contributed by atoms with van der Waals surface area (Å²) in [4.78, 5) is 38.8. The maximum atomic E-state index is 13.4. The molecule has 188 valence electrons. The third kappa shape index (κ3) is 6.31. The van der Waals surface area contributed by atoms with Crippen molar-refractivity contribution in [1.82, 2.24) is 10.6 Å². The van der Waals surface area contributed by atoms with Crippen molar-refractivity contribution in [2.24, 2.45) is 5.92 Å². The van der Waals surface area contributed by atoms with E-state index in [0.29, 0.717) is 16.0 Å². The second-order valence-corrected chi connectivity index (χ2v) is 7.96. The van der Waals surface area contributed by atoms with Gasteiger partial charge >= 0.3 is 12.4 Å². The van der Waals surface area contributed by atoms with Crippen LogP contribution in [0.5, 0.6) is 0 Å². The SMILES string of the molecule is CC(C(=O)NCCC(F)(F)F)C(=O)N[C@@H]1C(=O)N(CC(F)(F)F)c2ccccc2-c2ccccc21. The fourth-order valence-corrected chi connectivity index (χ4v) is 3.69. The molecule has 2 aromatic carbocycles. The number of nitrogens with zero attached hydrogens (tertiary/aromatic N) is 1. The van der Waals surface area contributed by atoms with Crippen LogP contribution in [0.1, 0.15) is 24.9 Å². The smallest absolute Gasteiger partial charge is 0.355 e. The van der Waals surface area contributed by atoms with E-state index in [1.54, 1.807) is 30.3 Å². The van der Waals surface area contributed by atoms with Crippen molar-refractivity contribution in [3.8, 4) is 11.1 Å². The molecule has 0 aromatic heterocycles. The van der Waals surface area contributed by atoms with E-state index < -0.39 is 61.5 Å². The minimum absolute atomic E-state index is 0.00281. The Hall–Kier alpha value is -3.57. The number of nitrogens with one attached hydrogen (secondary N) is 2. The molecular formula is C23H21F6N3O3. The average molecular weight is 501 g/mol. The number of carbonyl (C=O) groups is 3. The Morgan fingerprint density at radius 2 is 1.51 bits per heavy atom. The quantitative estimate of drug-likeness (QED) is 0.462. The van der Waals surface area contributed by atoms with Crippen LogP contribution in [0.3, 0.4) is 0 Å². The summed E-state index contributed by atoms with van der Waals surface area (Å²) >= 11 is 0. The predicted octanol–water partition coefficient (Wildman–Crippen LogP) is 4.12. The Labute approximate surface area is 196 Å². The molecular weight excluding hydrogens is 480 g/mol. The van der Waals surface area contributed by atoms with Gasteiger partial charge in [-0.3, -0.25) is 14.4 Å². The van der Waals surface area contributed by atoms with Crippen molar-refractivity contribution in [1.29, 1.82) is 0 Å². The maximum Gasteiger partial charge on any atom is 0.406 e. The highest BCUT2D eigenvalue weighted by atomic mass is 19.4. The van der Waals surface area contributed by atoms with Gasteiger partial charge in [0, 0.05) is 12.1 Å². The number of alkyl halides is 6. The zero-order valence-electron chi connectivity index (χ0n) is 18.3. The number of rotatable bonds is 6. The number of anilines is 1. The largest absolute Gasteiger partial charge is 0.406 e. The Morgan fingerprint density at radius 1 is 0.914 bits per heavy atom. The van der Waals surface area contributed by atoms with Gasteiger partial charge in [-0.25, -0.2) is 0 Å². The Morgan fingerprint density at radius 3 is 2.14 bits per heavy atom. The van der Waals surface area contributed by atoms with E-state index in [1.807, 2.05) is 5.32 Å². The highest BCUT2D eigenvalue weighted by Crippen LogP contribution is 2.41. The van der Waals surface area contributed by atoms with Crippen molar-refractivity contribution < 1.29 is 40.7 Å². The monoisotopic (exact) mass is 501 g/mol. The van der Waals surface area contributed by atoms with Crippen molar-refractivity contribution >= 4 is 23.4 Å². The van der Waals surface area contributed by atoms with E-state index in [-0.39, 0.29) is 11.3 Å². The summed E-state index contributed by atoms with van der Waals surface area (Å²) in [6.07, 6.45) is -10.6. The molecule has 1 unspecified atom stereocenters. The molecule has 0 spiro atoms. The molecule has 12 heteroatoms. The molecule has 0 fully saturated rings. The van der Waals surface area contributed by atoms with Gasteiger partial charge in [-0.2, -0.15) is 26.3 Å². The highest BCUT2D eigenvalue weighted by Gasteiger charge is 2.41. The van der Waals surface area contributed by atoms with Crippen LogP contribution < -0.4 is 15.5 Å². The number of benzene rings is 2. The molecule has 2 N–H and O–H groups in total. The van der Waals surface area contributed by atoms with Crippen LogP contribution in [0.4, 0.5) is 32.0 Å². The number of fused-ring (bicyclic) bond motifs is 3. The van der Waals surface area contributed by atoms with Gasteiger partial charge in [-0.15, -0.1) is 0 Å². The van der Waals surface area contributed by atoms with Crippen LogP contribution in [0.25, 0.3) is 11.1 Å². The van der Waals surface area contributed by atoms with E-state index in [4.69, 9.17) is 0 Å². The molecule has 35 heavy (non-hydrogen) atoms. The zero-order chi connectivity index (χ0) is 26.0. The highest BCUT2D eigenvalue weighted by molar-refractivity contribution is 6.08. The van der Waals surface area contributed by atoms with Crippen LogP contribution in [0.15, 0.2) is 48.5 Å². The first-order valence-corrected chi connectivity index (χ1v) is 10.5. The second-order valence-electron chi connectivity index (χ2n) is 7.96. The van der Waals surface area contributed by atoms with Crippen LogP contribution in [0.2, 0.25) is 0 Å². The summed E-state index contributed by atoms with van der Waals surface area (Å²) in [7, 11) is 0. The van der Waals surface area contributed by atoms with Gasteiger partial charge in [0.25, 0.3) is 5.91 Å². The van der Waals surface area contributed by atoms with Crippen molar-refractivity contribution in [2.75, 3.05) is 18.0 Å². The Bertz CT molecular complexity index is 1120. The zero-order valence-corrected chi connectivity index (χ0v) is 18.3. The van der Waals surface area contributed by atoms with E-state index in [2.05, 4.69) is 5.32 Å². The van der Waals surface area contributed by atoms with E-state index in [9.17, 15) is 40.7 Å². The molecule has 2 aromatic rings. The average Bonchev–Trinajstić information content (AvgIpc) is 2.86. The van der Waals surface area contributed by atoms with Gasteiger partial charge in [-0.1, -0.05) is 42.5 Å². The number of halogens is 6. The van der Waals surface area contributed by atoms with E-state index in [1.165, 1.54) is 18.2 Å². The standard InChI is InChI=1S/C23H21F6N3O3/c1-13(19(33)30-11-10-22(24,25)26)20(34)31-18-16-8-3-2-6-14(16)15-7-4-5-9-17(15)32(21(18)35)12-23(27,28)29/h2-9,13,18H,10-12H2,1H3,(H,30,33)(H,31,34)/t13?,18-/m0/s1. The van der Waals surface area contributed by atoms with Gasteiger partial charge in [0.1, 0.15) is 18.5 Å². The Kier molecular flexibility index (Phi) is 7.41. The first kappa shape index (κ1) is 26.0.